The van der Waals surface area contributed by atoms with Gasteiger partial charge in [-0.2, -0.15) is 0 Å². The van der Waals surface area contributed by atoms with Crippen molar-refractivity contribution in [1.82, 2.24) is 10.6 Å². The average Bonchev–Trinajstić information content (AvgIpc) is 2.61. The van der Waals surface area contributed by atoms with Gasteiger partial charge in [-0.1, -0.05) is 23.7 Å². The molecule has 2 aromatic rings. The fourth-order valence-electron chi connectivity index (χ4n) is 2.48. The lowest BCUT2D eigenvalue weighted by atomic mass is 10.0. The lowest BCUT2D eigenvalue weighted by Gasteiger charge is -2.19. The number of carbonyl (C=O) groups excluding carboxylic acids is 1. The van der Waals surface area contributed by atoms with Gasteiger partial charge < -0.3 is 16.8 Å². The van der Waals surface area contributed by atoms with Gasteiger partial charge in [0.15, 0.2) is 5.96 Å². The van der Waals surface area contributed by atoms with Crippen LogP contribution in [0.3, 0.4) is 0 Å². The lowest BCUT2D eigenvalue weighted by molar-refractivity contribution is 0.0975. The lowest BCUT2D eigenvalue weighted by Crippen LogP contribution is -2.45. The number of nitrogens with one attached hydrogen (secondary N) is 2. The molecule has 0 saturated carbocycles. The summed E-state index contributed by atoms with van der Waals surface area (Å²) in [4.78, 5) is 16.8. The number of aliphatic imine (C=N–C) groups is 1. The van der Waals surface area contributed by atoms with Crippen molar-refractivity contribution >= 4 is 23.5 Å². The van der Waals surface area contributed by atoms with E-state index >= 15 is 0 Å². The van der Waals surface area contributed by atoms with Crippen LogP contribution in [0, 0.1) is 5.82 Å². The molecule has 0 saturated heterocycles. The molecule has 6 nitrogen and oxygen atoms in total. The zero-order chi connectivity index (χ0) is 20.7. The van der Waals surface area contributed by atoms with Gasteiger partial charge in [0.2, 0.25) is 0 Å². The van der Waals surface area contributed by atoms with Crippen LogP contribution in [-0.4, -0.2) is 24.1 Å². The number of hydrogen-bond donors (Lipinski definition) is 4. The smallest absolute Gasteiger partial charge is 0.257 e. The molecule has 0 radical (unpaired) electrons. The van der Waals surface area contributed by atoms with Crippen LogP contribution in [-0.2, 0) is 0 Å². The molecule has 2 atom stereocenters. The minimum atomic E-state index is -0.660. The van der Waals surface area contributed by atoms with Crippen LogP contribution >= 0.6 is 11.6 Å². The molecule has 0 aromatic heterocycles. The minimum Gasteiger partial charge on any atom is -0.354 e. The third-order valence-electron chi connectivity index (χ3n) is 3.85. The van der Waals surface area contributed by atoms with Gasteiger partial charge in [0.05, 0.1) is 0 Å². The van der Waals surface area contributed by atoms with E-state index in [-0.39, 0.29) is 23.7 Å². The summed E-state index contributed by atoms with van der Waals surface area (Å²) in [5.74, 6) is -0.404. The highest BCUT2D eigenvalue weighted by Crippen LogP contribution is 2.16. The molecule has 150 valence electrons. The first-order valence-electron chi connectivity index (χ1n) is 8.92. The molecule has 0 fully saturated rings. The van der Waals surface area contributed by atoms with E-state index in [1.54, 1.807) is 36.4 Å². The van der Waals surface area contributed by atoms with Crippen molar-refractivity contribution in [1.29, 1.82) is 0 Å². The summed E-state index contributed by atoms with van der Waals surface area (Å²) in [5, 5.41) is 6.33. The van der Waals surface area contributed by atoms with Gasteiger partial charge in [-0.3, -0.25) is 10.1 Å². The maximum atomic E-state index is 13.0. The first-order valence-corrected chi connectivity index (χ1v) is 9.30. The Hall–Kier alpha value is -2.48. The second-order valence-electron chi connectivity index (χ2n) is 6.70. The van der Waals surface area contributed by atoms with Crippen LogP contribution in [0.2, 0.25) is 5.02 Å². The van der Waals surface area contributed by atoms with Gasteiger partial charge in [0.1, 0.15) is 12.0 Å². The SMILES string of the molecule is CC(C)NC(=NC(N)CC(N)c1ccc(F)cc1)NC(=O)c1ccc(Cl)cc1. The summed E-state index contributed by atoms with van der Waals surface area (Å²) in [5.41, 5.74) is 13.4. The average molecular weight is 406 g/mol. The molecule has 2 unspecified atom stereocenters. The van der Waals surface area contributed by atoms with Gasteiger partial charge in [-0.05, 0) is 55.8 Å². The second-order valence-corrected chi connectivity index (χ2v) is 7.14. The highest BCUT2D eigenvalue weighted by molar-refractivity contribution is 6.30. The Kier molecular flexibility index (Phi) is 7.92. The van der Waals surface area contributed by atoms with E-state index in [1.165, 1.54) is 12.1 Å². The molecule has 0 heterocycles. The van der Waals surface area contributed by atoms with Crippen molar-refractivity contribution in [2.45, 2.75) is 38.5 Å². The Balaban J connectivity index is 2.07. The number of hydrogen-bond acceptors (Lipinski definition) is 4. The summed E-state index contributed by atoms with van der Waals surface area (Å²) in [6, 6.07) is 12.1. The molecule has 0 bridgehead atoms. The van der Waals surface area contributed by atoms with Crippen molar-refractivity contribution in [3.63, 3.8) is 0 Å². The van der Waals surface area contributed by atoms with Crippen LogP contribution in [0.1, 0.15) is 42.2 Å². The summed E-state index contributed by atoms with van der Waals surface area (Å²) in [6.07, 6.45) is -0.335. The maximum absolute atomic E-state index is 13.0. The first kappa shape index (κ1) is 21.8. The Morgan fingerprint density at radius 2 is 1.71 bits per heavy atom. The molecule has 28 heavy (non-hydrogen) atoms. The summed E-state index contributed by atoms with van der Waals surface area (Å²) >= 11 is 5.85. The van der Waals surface area contributed by atoms with Crippen molar-refractivity contribution in [2.24, 2.45) is 16.5 Å². The Morgan fingerprint density at radius 1 is 1.11 bits per heavy atom. The Labute approximate surface area is 169 Å². The number of nitrogens with zero attached hydrogens (tertiary/aromatic N) is 1. The van der Waals surface area contributed by atoms with Crippen molar-refractivity contribution in [2.75, 3.05) is 0 Å². The van der Waals surface area contributed by atoms with E-state index in [0.29, 0.717) is 17.0 Å². The van der Waals surface area contributed by atoms with E-state index in [2.05, 4.69) is 15.6 Å². The molecule has 8 heteroatoms. The molecule has 2 aromatic carbocycles. The standard InChI is InChI=1S/C20H25ClFN5O/c1-12(2)25-20(27-19(28)14-3-7-15(21)8-4-14)26-18(24)11-17(23)13-5-9-16(22)10-6-13/h3-10,12,17-18H,11,23-24H2,1-2H3,(H2,25,26,27,28). The monoisotopic (exact) mass is 405 g/mol. The molecule has 0 spiro atoms. The molecule has 0 aliphatic heterocycles. The zero-order valence-corrected chi connectivity index (χ0v) is 16.6. The third kappa shape index (κ3) is 6.92. The van der Waals surface area contributed by atoms with Crippen molar-refractivity contribution in [3.05, 3.63) is 70.5 Å². The fourth-order valence-corrected chi connectivity index (χ4v) is 2.61. The number of rotatable bonds is 6. The second kappa shape index (κ2) is 10.2. The van der Waals surface area contributed by atoms with Crippen LogP contribution in [0.15, 0.2) is 53.5 Å². The fraction of sp³-hybridized carbons (Fsp3) is 0.300. The first-order chi connectivity index (χ1) is 13.2. The van der Waals surface area contributed by atoms with E-state index < -0.39 is 12.2 Å². The van der Waals surface area contributed by atoms with Gasteiger partial charge in [0.25, 0.3) is 5.91 Å². The predicted molar refractivity (Wildman–Crippen MR) is 111 cm³/mol. The Bertz CT molecular complexity index is 808. The number of amides is 1. The van der Waals surface area contributed by atoms with Crippen LogP contribution in [0.4, 0.5) is 4.39 Å². The molecule has 0 aliphatic rings. The maximum Gasteiger partial charge on any atom is 0.257 e. The van der Waals surface area contributed by atoms with Crippen LogP contribution in [0.25, 0.3) is 0 Å². The number of benzene rings is 2. The van der Waals surface area contributed by atoms with Crippen molar-refractivity contribution in [3.8, 4) is 0 Å². The quantitative estimate of drug-likeness (QED) is 0.438. The molecule has 1 amide bonds. The largest absolute Gasteiger partial charge is 0.354 e. The molecular formula is C20H25ClFN5O. The highest BCUT2D eigenvalue weighted by Gasteiger charge is 2.15. The zero-order valence-electron chi connectivity index (χ0n) is 15.8. The number of guanidine groups is 1. The summed E-state index contributed by atoms with van der Waals surface area (Å²) < 4.78 is 13.0. The summed E-state index contributed by atoms with van der Waals surface area (Å²) in [6.45, 7) is 3.83. The van der Waals surface area contributed by atoms with Crippen LogP contribution < -0.4 is 22.1 Å². The Morgan fingerprint density at radius 3 is 2.29 bits per heavy atom. The van der Waals surface area contributed by atoms with E-state index in [9.17, 15) is 9.18 Å². The van der Waals surface area contributed by atoms with Crippen LogP contribution in [0.5, 0.6) is 0 Å². The molecule has 2 rings (SSSR count). The third-order valence-corrected chi connectivity index (χ3v) is 4.10. The number of nitrogens with two attached hydrogens (primary N) is 2. The van der Waals surface area contributed by atoms with Gasteiger partial charge in [0, 0.05) is 29.1 Å². The predicted octanol–water partition coefficient (Wildman–Crippen LogP) is 2.94. The van der Waals surface area contributed by atoms with Crippen molar-refractivity contribution < 1.29 is 9.18 Å². The molecule has 0 aliphatic carbocycles. The van der Waals surface area contributed by atoms with Gasteiger partial charge >= 0.3 is 0 Å². The van der Waals surface area contributed by atoms with E-state index in [1.807, 2.05) is 13.8 Å². The van der Waals surface area contributed by atoms with E-state index in [4.69, 9.17) is 23.1 Å². The van der Waals surface area contributed by atoms with E-state index in [0.717, 1.165) is 5.56 Å². The van der Waals surface area contributed by atoms with Gasteiger partial charge in [-0.15, -0.1) is 0 Å². The number of halogens is 2. The summed E-state index contributed by atoms with van der Waals surface area (Å²) in [7, 11) is 0. The topological polar surface area (TPSA) is 106 Å². The molecular weight excluding hydrogens is 381 g/mol. The highest BCUT2D eigenvalue weighted by atomic mass is 35.5. The molecule has 6 N–H and O–H groups in total. The van der Waals surface area contributed by atoms with Gasteiger partial charge in [-0.25, -0.2) is 9.38 Å². The normalized spacial score (nSPS) is 13.9. The number of carbonyl (C=O) groups is 1. The minimum absolute atomic E-state index is 0.0299.